The molecule has 0 heterocycles. The van der Waals surface area contributed by atoms with Crippen molar-refractivity contribution in [1.29, 1.82) is 0 Å². The minimum atomic E-state index is -0.979. The first-order chi connectivity index (χ1) is 17.7. The van der Waals surface area contributed by atoms with E-state index < -0.39 is 17.8 Å². The van der Waals surface area contributed by atoms with Crippen LogP contribution in [0.5, 0.6) is 23.0 Å². The van der Waals surface area contributed by atoms with Crippen molar-refractivity contribution in [1.82, 2.24) is 5.43 Å². The van der Waals surface area contributed by atoms with Crippen LogP contribution in [0.4, 0.5) is 5.69 Å². The molecule has 0 spiro atoms. The van der Waals surface area contributed by atoms with E-state index in [2.05, 4.69) is 15.8 Å². The second-order valence-corrected chi connectivity index (χ2v) is 7.78. The second kappa shape index (κ2) is 12.2. The van der Waals surface area contributed by atoms with E-state index in [9.17, 15) is 14.4 Å². The third-order valence-electron chi connectivity index (χ3n) is 5.26. The average molecular weight is 506 g/mol. The molecule has 0 bridgehead atoms. The number of nitrogens with zero attached hydrogens (tertiary/aromatic N) is 1. The monoisotopic (exact) mass is 505 g/mol. The molecular weight excluding hydrogens is 478 g/mol. The zero-order valence-corrected chi connectivity index (χ0v) is 21.1. The smallest absolute Gasteiger partial charge is 0.343 e. The second-order valence-electron chi connectivity index (χ2n) is 7.78. The van der Waals surface area contributed by atoms with Gasteiger partial charge in [0.1, 0.15) is 11.5 Å². The fourth-order valence-electron chi connectivity index (χ4n) is 3.16. The molecule has 2 amide bonds. The molecule has 0 aliphatic rings. The molecule has 0 saturated heterocycles. The normalized spacial score (nSPS) is 10.8. The number of nitrogens with one attached hydrogen (secondary N) is 2. The van der Waals surface area contributed by atoms with Crippen molar-refractivity contribution < 1.29 is 33.3 Å². The number of benzene rings is 3. The largest absolute Gasteiger partial charge is 0.497 e. The van der Waals surface area contributed by atoms with Crippen molar-refractivity contribution in [2.45, 2.75) is 13.8 Å². The first-order valence-electron chi connectivity index (χ1n) is 11.1. The molecular formula is C27H27N3O7. The summed E-state index contributed by atoms with van der Waals surface area (Å²) in [6.07, 6.45) is 0. The van der Waals surface area contributed by atoms with Gasteiger partial charge < -0.3 is 24.3 Å². The maximum Gasteiger partial charge on any atom is 0.343 e. The van der Waals surface area contributed by atoms with Crippen molar-refractivity contribution in [3.8, 4) is 23.0 Å². The summed E-state index contributed by atoms with van der Waals surface area (Å²) in [7, 11) is 4.37. The quantitative estimate of drug-likeness (QED) is 0.157. The lowest BCUT2D eigenvalue weighted by molar-refractivity contribution is -0.136. The number of rotatable bonds is 8. The molecule has 0 aliphatic carbocycles. The number of hydrogen-bond acceptors (Lipinski definition) is 8. The molecule has 0 unspecified atom stereocenters. The van der Waals surface area contributed by atoms with Gasteiger partial charge in [-0.15, -0.1) is 0 Å². The van der Waals surface area contributed by atoms with Crippen LogP contribution in [-0.2, 0) is 9.59 Å². The van der Waals surface area contributed by atoms with Crippen molar-refractivity contribution in [2.75, 3.05) is 26.6 Å². The number of carbonyl (C=O) groups is 3. The van der Waals surface area contributed by atoms with Crippen LogP contribution in [0, 0.1) is 6.92 Å². The van der Waals surface area contributed by atoms with Gasteiger partial charge in [0.15, 0.2) is 11.5 Å². The van der Waals surface area contributed by atoms with E-state index in [4.69, 9.17) is 18.9 Å². The lowest BCUT2D eigenvalue weighted by atomic mass is 10.1. The molecule has 0 aliphatic heterocycles. The van der Waals surface area contributed by atoms with Crippen molar-refractivity contribution >= 4 is 29.2 Å². The van der Waals surface area contributed by atoms with Gasteiger partial charge >= 0.3 is 17.8 Å². The Balaban J connectivity index is 1.67. The highest BCUT2D eigenvalue weighted by Gasteiger charge is 2.17. The SMILES string of the molecule is COc1ccc(NC(=O)C(=O)NN=C(C)c2ccc(OC(=O)c3ccc(C)cc3)c(OC)c2)c(OC)c1. The van der Waals surface area contributed by atoms with E-state index in [1.165, 1.54) is 21.3 Å². The molecule has 192 valence electrons. The summed E-state index contributed by atoms with van der Waals surface area (Å²) in [6, 6.07) is 16.5. The standard InChI is InChI=1S/C27H27N3O7/c1-16-6-8-18(9-7-16)27(33)37-22-13-10-19(14-24(22)36-5)17(2)29-30-26(32)25(31)28-21-12-11-20(34-3)15-23(21)35-4/h6-15H,1-5H3,(H,28,31)(H,30,32). The number of ether oxygens (including phenoxy) is 4. The maximum absolute atomic E-state index is 12.5. The third kappa shape index (κ3) is 6.85. The number of anilines is 1. The van der Waals surface area contributed by atoms with Gasteiger partial charge in [-0.1, -0.05) is 17.7 Å². The van der Waals surface area contributed by atoms with E-state index in [-0.39, 0.29) is 5.75 Å². The molecule has 10 nitrogen and oxygen atoms in total. The van der Waals surface area contributed by atoms with E-state index >= 15 is 0 Å². The van der Waals surface area contributed by atoms with Crippen molar-refractivity contribution in [3.63, 3.8) is 0 Å². The predicted octanol–water partition coefficient (Wildman–Crippen LogP) is 3.72. The summed E-state index contributed by atoms with van der Waals surface area (Å²) in [5, 5.41) is 6.46. The Bertz CT molecular complexity index is 1330. The van der Waals surface area contributed by atoms with Crippen LogP contribution in [0.25, 0.3) is 0 Å². The average Bonchev–Trinajstić information content (AvgIpc) is 2.92. The minimum absolute atomic E-state index is 0.224. The number of amides is 2. The summed E-state index contributed by atoms with van der Waals surface area (Å²) < 4.78 is 21.2. The van der Waals surface area contributed by atoms with Crippen LogP contribution >= 0.6 is 0 Å². The van der Waals surface area contributed by atoms with Gasteiger partial charge in [-0.3, -0.25) is 9.59 Å². The molecule has 0 atom stereocenters. The minimum Gasteiger partial charge on any atom is -0.497 e. The lowest BCUT2D eigenvalue weighted by Gasteiger charge is -2.12. The summed E-state index contributed by atoms with van der Waals surface area (Å²) >= 11 is 0. The van der Waals surface area contributed by atoms with Gasteiger partial charge in [-0.25, -0.2) is 10.2 Å². The summed E-state index contributed by atoms with van der Waals surface area (Å²) in [4.78, 5) is 37.1. The molecule has 0 radical (unpaired) electrons. The Hall–Kier alpha value is -4.86. The van der Waals surface area contributed by atoms with Gasteiger partial charge in [-0.2, -0.15) is 5.10 Å². The van der Waals surface area contributed by atoms with Gasteiger partial charge in [0.25, 0.3) is 0 Å². The molecule has 2 N–H and O–H groups in total. The van der Waals surface area contributed by atoms with Gasteiger partial charge in [0, 0.05) is 11.6 Å². The first kappa shape index (κ1) is 26.7. The highest BCUT2D eigenvalue weighted by atomic mass is 16.6. The Morgan fingerprint density at radius 2 is 1.41 bits per heavy atom. The van der Waals surface area contributed by atoms with Crippen LogP contribution < -0.4 is 29.7 Å². The third-order valence-corrected chi connectivity index (χ3v) is 5.26. The van der Waals surface area contributed by atoms with Crippen LogP contribution in [0.3, 0.4) is 0 Å². The first-order valence-corrected chi connectivity index (χ1v) is 11.1. The van der Waals surface area contributed by atoms with Crippen molar-refractivity contribution in [2.24, 2.45) is 5.10 Å². The fraction of sp³-hybridized carbons (Fsp3) is 0.185. The summed E-state index contributed by atoms with van der Waals surface area (Å²) in [5.74, 6) is -1.06. The van der Waals surface area contributed by atoms with E-state index in [1.54, 1.807) is 55.5 Å². The van der Waals surface area contributed by atoms with E-state index in [0.717, 1.165) is 5.56 Å². The number of methoxy groups -OCH3 is 3. The van der Waals surface area contributed by atoms with Gasteiger partial charge in [0.05, 0.1) is 38.3 Å². The van der Waals surface area contributed by atoms with Crippen LogP contribution in [-0.4, -0.2) is 44.8 Å². The zero-order chi connectivity index (χ0) is 26.9. The molecule has 3 aromatic carbocycles. The number of esters is 1. The number of hydrazone groups is 1. The maximum atomic E-state index is 12.5. The number of carbonyl (C=O) groups excluding carboxylic acids is 3. The highest BCUT2D eigenvalue weighted by molar-refractivity contribution is 6.39. The van der Waals surface area contributed by atoms with E-state index in [1.807, 2.05) is 19.1 Å². The van der Waals surface area contributed by atoms with Gasteiger partial charge in [-0.05, 0) is 56.3 Å². The highest BCUT2D eigenvalue weighted by Crippen LogP contribution is 2.30. The zero-order valence-electron chi connectivity index (χ0n) is 21.1. The summed E-state index contributed by atoms with van der Waals surface area (Å²) in [6.45, 7) is 3.56. The Labute approximate surface area is 214 Å². The van der Waals surface area contributed by atoms with Crippen LogP contribution in [0.15, 0.2) is 65.8 Å². The molecule has 37 heavy (non-hydrogen) atoms. The number of aryl methyl sites for hydroxylation is 1. The molecule has 10 heteroatoms. The van der Waals surface area contributed by atoms with Crippen LogP contribution in [0.2, 0.25) is 0 Å². The summed E-state index contributed by atoms with van der Waals surface area (Å²) in [5.41, 5.74) is 4.90. The molecule has 0 saturated carbocycles. The molecule has 0 fully saturated rings. The number of hydrogen-bond donors (Lipinski definition) is 2. The van der Waals surface area contributed by atoms with Crippen molar-refractivity contribution in [3.05, 3.63) is 77.4 Å². The Morgan fingerprint density at radius 3 is 2.05 bits per heavy atom. The molecule has 3 aromatic rings. The Kier molecular flexibility index (Phi) is 8.82. The van der Waals surface area contributed by atoms with Crippen LogP contribution in [0.1, 0.15) is 28.4 Å². The van der Waals surface area contributed by atoms with Gasteiger partial charge in [0.2, 0.25) is 0 Å². The fourth-order valence-corrected chi connectivity index (χ4v) is 3.16. The Morgan fingerprint density at radius 1 is 0.730 bits per heavy atom. The molecule has 0 aromatic heterocycles. The van der Waals surface area contributed by atoms with E-state index in [0.29, 0.717) is 39.8 Å². The topological polar surface area (TPSA) is 125 Å². The lowest BCUT2D eigenvalue weighted by Crippen LogP contribution is -2.33. The molecule has 3 rings (SSSR count). The predicted molar refractivity (Wildman–Crippen MR) is 138 cm³/mol.